The predicted molar refractivity (Wildman–Crippen MR) is 58.5 cm³/mol. The third kappa shape index (κ3) is 3.08. The van der Waals surface area contributed by atoms with Crippen LogP contribution in [0.1, 0.15) is 13.3 Å². The quantitative estimate of drug-likeness (QED) is 0.647. The van der Waals surface area contributed by atoms with Crippen molar-refractivity contribution in [3.05, 3.63) is 22.8 Å². The van der Waals surface area contributed by atoms with E-state index in [4.69, 9.17) is 6.42 Å². The Kier molecular flexibility index (Phi) is 3.78. The van der Waals surface area contributed by atoms with Gasteiger partial charge in [-0.05, 0) is 34.5 Å². The first-order chi connectivity index (χ1) is 6.26. The fraction of sp³-hybridized carbons (Fsp3) is 0.300. The number of hydrogen-bond acceptors (Lipinski definition) is 2. The van der Waals surface area contributed by atoms with Crippen molar-refractivity contribution in [3.8, 4) is 12.3 Å². The Morgan fingerprint density at radius 1 is 1.69 bits per heavy atom. The fourth-order valence-electron chi connectivity index (χ4n) is 0.929. The SMILES string of the molecule is C#CC(CC)Nc1cccc(Br)n1. The van der Waals surface area contributed by atoms with Crippen LogP contribution in [0.3, 0.4) is 0 Å². The van der Waals surface area contributed by atoms with E-state index in [0.717, 1.165) is 16.8 Å². The molecule has 1 heterocycles. The molecule has 0 aliphatic carbocycles. The minimum atomic E-state index is 0.0572. The van der Waals surface area contributed by atoms with E-state index in [1.165, 1.54) is 0 Å². The van der Waals surface area contributed by atoms with Gasteiger partial charge < -0.3 is 5.32 Å². The Morgan fingerprint density at radius 2 is 2.46 bits per heavy atom. The van der Waals surface area contributed by atoms with Crippen molar-refractivity contribution in [2.45, 2.75) is 19.4 Å². The summed E-state index contributed by atoms with van der Waals surface area (Å²) in [5, 5.41) is 3.14. The molecule has 1 aromatic rings. The molecule has 1 unspecified atom stereocenters. The minimum Gasteiger partial charge on any atom is -0.356 e. The van der Waals surface area contributed by atoms with Crippen LogP contribution in [-0.2, 0) is 0 Å². The van der Waals surface area contributed by atoms with Crippen LogP contribution >= 0.6 is 15.9 Å². The van der Waals surface area contributed by atoms with Crippen molar-refractivity contribution in [1.29, 1.82) is 0 Å². The second kappa shape index (κ2) is 4.88. The molecule has 0 saturated carbocycles. The van der Waals surface area contributed by atoms with Gasteiger partial charge in [-0.3, -0.25) is 0 Å². The molecule has 0 amide bonds. The zero-order valence-electron chi connectivity index (χ0n) is 7.42. The second-order valence-corrected chi connectivity index (χ2v) is 3.43. The van der Waals surface area contributed by atoms with Gasteiger partial charge in [0.05, 0.1) is 6.04 Å². The van der Waals surface area contributed by atoms with E-state index >= 15 is 0 Å². The van der Waals surface area contributed by atoms with E-state index in [1.807, 2.05) is 25.1 Å². The predicted octanol–water partition coefficient (Wildman–Crippen LogP) is 2.67. The van der Waals surface area contributed by atoms with Crippen molar-refractivity contribution in [2.24, 2.45) is 0 Å². The molecular weight excluding hydrogens is 228 g/mol. The van der Waals surface area contributed by atoms with Crippen molar-refractivity contribution in [1.82, 2.24) is 4.98 Å². The molecule has 0 radical (unpaired) electrons. The third-order valence-electron chi connectivity index (χ3n) is 1.65. The van der Waals surface area contributed by atoms with Crippen molar-refractivity contribution < 1.29 is 0 Å². The third-order valence-corrected chi connectivity index (χ3v) is 2.09. The molecule has 0 aliphatic rings. The average Bonchev–Trinajstić information content (AvgIpc) is 2.14. The Morgan fingerprint density at radius 3 is 3.00 bits per heavy atom. The Balaban J connectivity index is 2.69. The van der Waals surface area contributed by atoms with Gasteiger partial charge in [-0.1, -0.05) is 18.9 Å². The number of nitrogens with one attached hydrogen (secondary N) is 1. The standard InChI is InChI=1S/C10H11BrN2/c1-3-8(4-2)12-10-7-5-6-9(11)13-10/h1,5-8H,4H2,2H3,(H,12,13). The number of anilines is 1. The topological polar surface area (TPSA) is 24.9 Å². The van der Waals surface area contributed by atoms with Crippen LogP contribution < -0.4 is 5.32 Å². The molecule has 0 aromatic carbocycles. The number of hydrogen-bond donors (Lipinski definition) is 1. The summed E-state index contributed by atoms with van der Waals surface area (Å²) in [5.41, 5.74) is 0. The number of terminal acetylenes is 1. The van der Waals surface area contributed by atoms with Crippen LogP contribution in [0, 0.1) is 12.3 Å². The smallest absolute Gasteiger partial charge is 0.128 e. The van der Waals surface area contributed by atoms with Gasteiger partial charge in [-0.15, -0.1) is 6.42 Å². The summed E-state index contributed by atoms with van der Waals surface area (Å²) < 4.78 is 0.810. The highest BCUT2D eigenvalue weighted by atomic mass is 79.9. The lowest BCUT2D eigenvalue weighted by Gasteiger charge is -2.10. The summed E-state index contributed by atoms with van der Waals surface area (Å²) in [6.45, 7) is 2.04. The van der Waals surface area contributed by atoms with Crippen LogP contribution in [0.25, 0.3) is 0 Å². The van der Waals surface area contributed by atoms with Crippen LogP contribution in [-0.4, -0.2) is 11.0 Å². The molecule has 1 rings (SSSR count). The van der Waals surface area contributed by atoms with E-state index in [2.05, 4.69) is 32.2 Å². The van der Waals surface area contributed by atoms with E-state index in [-0.39, 0.29) is 6.04 Å². The molecule has 2 nitrogen and oxygen atoms in total. The van der Waals surface area contributed by atoms with Crippen LogP contribution in [0.15, 0.2) is 22.8 Å². The Hall–Kier alpha value is -1.01. The van der Waals surface area contributed by atoms with Crippen LogP contribution in [0.4, 0.5) is 5.82 Å². The Labute approximate surface area is 86.9 Å². The van der Waals surface area contributed by atoms with E-state index < -0.39 is 0 Å². The maximum absolute atomic E-state index is 5.32. The molecule has 1 aromatic heterocycles. The molecule has 1 N–H and O–H groups in total. The first kappa shape index (κ1) is 10.1. The van der Waals surface area contributed by atoms with Gasteiger partial charge in [0.15, 0.2) is 0 Å². The maximum atomic E-state index is 5.32. The summed E-state index contributed by atoms with van der Waals surface area (Å²) in [7, 11) is 0. The highest BCUT2D eigenvalue weighted by molar-refractivity contribution is 9.10. The summed E-state index contributed by atoms with van der Waals surface area (Å²) in [6, 6.07) is 5.75. The molecule has 0 fully saturated rings. The van der Waals surface area contributed by atoms with Crippen molar-refractivity contribution in [2.75, 3.05) is 5.32 Å². The van der Waals surface area contributed by atoms with Gasteiger partial charge in [-0.25, -0.2) is 4.98 Å². The van der Waals surface area contributed by atoms with Gasteiger partial charge in [0, 0.05) is 0 Å². The average molecular weight is 239 g/mol. The van der Waals surface area contributed by atoms with E-state index in [9.17, 15) is 0 Å². The molecule has 13 heavy (non-hydrogen) atoms. The molecule has 0 saturated heterocycles. The monoisotopic (exact) mass is 238 g/mol. The number of halogens is 1. The zero-order chi connectivity index (χ0) is 9.68. The van der Waals surface area contributed by atoms with Crippen molar-refractivity contribution in [3.63, 3.8) is 0 Å². The molecule has 0 spiro atoms. The van der Waals surface area contributed by atoms with E-state index in [0.29, 0.717) is 0 Å². The van der Waals surface area contributed by atoms with Gasteiger partial charge >= 0.3 is 0 Å². The summed E-state index contributed by atoms with van der Waals surface area (Å²) >= 11 is 3.29. The van der Waals surface area contributed by atoms with E-state index in [1.54, 1.807) is 0 Å². The lowest BCUT2D eigenvalue weighted by atomic mass is 10.2. The van der Waals surface area contributed by atoms with Gasteiger partial charge in [0.25, 0.3) is 0 Å². The fourth-order valence-corrected chi connectivity index (χ4v) is 1.27. The van der Waals surface area contributed by atoms with Crippen LogP contribution in [0.5, 0.6) is 0 Å². The zero-order valence-corrected chi connectivity index (χ0v) is 9.01. The first-order valence-corrected chi connectivity index (χ1v) is 4.90. The highest BCUT2D eigenvalue weighted by Crippen LogP contribution is 2.11. The second-order valence-electron chi connectivity index (χ2n) is 2.62. The number of nitrogens with zero attached hydrogens (tertiary/aromatic N) is 1. The largest absolute Gasteiger partial charge is 0.356 e. The lowest BCUT2D eigenvalue weighted by Crippen LogP contribution is -2.16. The lowest BCUT2D eigenvalue weighted by molar-refractivity contribution is 0.850. The summed E-state index contributed by atoms with van der Waals surface area (Å²) in [5.74, 6) is 3.46. The molecule has 0 aliphatic heterocycles. The van der Waals surface area contributed by atoms with Crippen LogP contribution in [0.2, 0.25) is 0 Å². The van der Waals surface area contributed by atoms with Gasteiger partial charge in [0.1, 0.15) is 10.4 Å². The highest BCUT2D eigenvalue weighted by Gasteiger charge is 2.01. The number of aromatic nitrogens is 1. The minimum absolute atomic E-state index is 0.0572. The molecular formula is C10H11BrN2. The molecule has 1 atom stereocenters. The van der Waals surface area contributed by atoms with Gasteiger partial charge in [0.2, 0.25) is 0 Å². The molecule has 68 valence electrons. The summed E-state index contributed by atoms with van der Waals surface area (Å²) in [4.78, 5) is 4.22. The summed E-state index contributed by atoms with van der Waals surface area (Å²) in [6.07, 6.45) is 6.21. The Bertz CT molecular complexity index is 317. The molecule has 3 heteroatoms. The van der Waals surface area contributed by atoms with Crippen molar-refractivity contribution >= 4 is 21.7 Å². The normalized spacial score (nSPS) is 11.8. The maximum Gasteiger partial charge on any atom is 0.128 e. The first-order valence-electron chi connectivity index (χ1n) is 4.11. The number of pyridine rings is 1. The number of rotatable bonds is 3. The van der Waals surface area contributed by atoms with Gasteiger partial charge in [-0.2, -0.15) is 0 Å². The molecule has 0 bridgehead atoms.